The summed E-state index contributed by atoms with van der Waals surface area (Å²) in [6.07, 6.45) is 0. The van der Waals surface area contributed by atoms with E-state index in [-0.39, 0.29) is 12.0 Å². The van der Waals surface area contributed by atoms with Crippen molar-refractivity contribution in [2.75, 3.05) is 0 Å². The van der Waals surface area contributed by atoms with Gasteiger partial charge in [0.1, 0.15) is 0 Å². The third-order valence-electron chi connectivity index (χ3n) is 3.16. The molecule has 0 aliphatic heterocycles. The van der Waals surface area contributed by atoms with Crippen molar-refractivity contribution < 1.29 is 8.42 Å². The Bertz CT molecular complexity index is 637. The number of hydrogen-bond acceptors (Lipinski definition) is 2. The van der Waals surface area contributed by atoms with E-state index in [9.17, 15) is 8.42 Å². The topological polar surface area (TPSA) is 46.2 Å². The van der Waals surface area contributed by atoms with E-state index >= 15 is 0 Å². The molecule has 0 fully saturated rings. The Kier molecular flexibility index (Phi) is 4.57. The molecular formula is C16H19NO2S. The lowest BCUT2D eigenvalue weighted by atomic mass is 9.97. The van der Waals surface area contributed by atoms with Gasteiger partial charge in [-0.3, -0.25) is 0 Å². The Balaban J connectivity index is 2.30. The van der Waals surface area contributed by atoms with Crippen LogP contribution < -0.4 is 4.72 Å². The standard InChI is InChI=1S/C16H19NO2S/c1-13(2)16(14-9-5-3-6-10-14)17-20(18,19)15-11-7-4-8-12-15/h3-13,16-17H,1-2H3/t16-/m0/s1. The molecule has 0 aliphatic rings. The fourth-order valence-corrected chi connectivity index (χ4v) is 3.48. The van der Waals surface area contributed by atoms with Crippen LogP contribution in [0.4, 0.5) is 0 Å². The third kappa shape index (κ3) is 3.46. The molecule has 4 heteroatoms. The Hall–Kier alpha value is -1.65. The molecule has 1 atom stereocenters. The van der Waals surface area contributed by atoms with Gasteiger partial charge in [0.15, 0.2) is 0 Å². The number of sulfonamides is 1. The Labute approximate surface area is 120 Å². The van der Waals surface area contributed by atoms with Crippen LogP contribution in [0.2, 0.25) is 0 Å². The van der Waals surface area contributed by atoms with Gasteiger partial charge in [-0.25, -0.2) is 13.1 Å². The lowest BCUT2D eigenvalue weighted by molar-refractivity contribution is 0.463. The summed E-state index contributed by atoms with van der Waals surface area (Å²) in [5.41, 5.74) is 0.974. The van der Waals surface area contributed by atoms with Crippen molar-refractivity contribution in [3.8, 4) is 0 Å². The molecule has 20 heavy (non-hydrogen) atoms. The molecule has 0 heterocycles. The van der Waals surface area contributed by atoms with E-state index in [1.165, 1.54) is 0 Å². The molecule has 0 aromatic heterocycles. The van der Waals surface area contributed by atoms with Gasteiger partial charge < -0.3 is 0 Å². The van der Waals surface area contributed by atoms with E-state index in [1.54, 1.807) is 30.3 Å². The van der Waals surface area contributed by atoms with Crippen molar-refractivity contribution in [2.45, 2.75) is 24.8 Å². The molecule has 3 nitrogen and oxygen atoms in total. The van der Waals surface area contributed by atoms with Crippen LogP contribution in [-0.4, -0.2) is 8.42 Å². The number of benzene rings is 2. The summed E-state index contributed by atoms with van der Waals surface area (Å²) in [5, 5.41) is 0. The van der Waals surface area contributed by atoms with E-state index in [2.05, 4.69) is 4.72 Å². The minimum atomic E-state index is -3.50. The summed E-state index contributed by atoms with van der Waals surface area (Å²) in [6, 6.07) is 17.9. The van der Waals surface area contributed by atoms with E-state index in [1.807, 2.05) is 44.2 Å². The van der Waals surface area contributed by atoms with E-state index in [4.69, 9.17) is 0 Å². The minimum absolute atomic E-state index is 0.163. The van der Waals surface area contributed by atoms with Crippen LogP contribution in [0.25, 0.3) is 0 Å². The van der Waals surface area contributed by atoms with Gasteiger partial charge in [-0.15, -0.1) is 0 Å². The molecule has 0 bridgehead atoms. The zero-order valence-electron chi connectivity index (χ0n) is 11.7. The highest BCUT2D eigenvalue weighted by Gasteiger charge is 2.23. The van der Waals surface area contributed by atoms with E-state index in [0.29, 0.717) is 4.90 Å². The van der Waals surface area contributed by atoms with Crippen LogP contribution in [0, 0.1) is 5.92 Å². The molecule has 0 amide bonds. The lowest BCUT2D eigenvalue weighted by Crippen LogP contribution is -2.31. The summed E-state index contributed by atoms with van der Waals surface area (Å²) in [6.45, 7) is 4.01. The first-order valence-corrected chi connectivity index (χ1v) is 8.11. The van der Waals surface area contributed by atoms with Crippen molar-refractivity contribution in [1.29, 1.82) is 0 Å². The predicted molar refractivity (Wildman–Crippen MR) is 80.8 cm³/mol. The van der Waals surface area contributed by atoms with Gasteiger partial charge in [0, 0.05) is 6.04 Å². The van der Waals surface area contributed by atoms with Crippen molar-refractivity contribution in [2.24, 2.45) is 5.92 Å². The maximum Gasteiger partial charge on any atom is 0.241 e. The quantitative estimate of drug-likeness (QED) is 0.917. The maximum absolute atomic E-state index is 12.4. The highest BCUT2D eigenvalue weighted by atomic mass is 32.2. The lowest BCUT2D eigenvalue weighted by Gasteiger charge is -2.22. The van der Waals surface area contributed by atoms with Crippen molar-refractivity contribution >= 4 is 10.0 Å². The molecule has 2 aromatic carbocycles. The molecule has 106 valence electrons. The van der Waals surface area contributed by atoms with E-state index in [0.717, 1.165) is 5.56 Å². The summed E-state index contributed by atoms with van der Waals surface area (Å²) in [5.74, 6) is 0.163. The molecule has 1 N–H and O–H groups in total. The molecule has 0 aliphatic carbocycles. The largest absolute Gasteiger partial charge is 0.241 e. The summed E-state index contributed by atoms with van der Waals surface area (Å²) in [4.78, 5) is 0.293. The first kappa shape index (κ1) is 14.8. The molecule has 0 saturated heterocycles. The Morgan fingerprint density at radius 3 is 1.85 bits per heavy atom. The predicted octanol–water partition coefficient (Wildman–Crippen LogP) is 3.36. The highest BCUT2D eigenvalue weighted by molar-refractivity contribution is 7.89. The smallest absolute Gasteiger partial charge is 0.207 e. The first-order chi connectivity index (χ1) is 9.50. The minimum Gasteiger partial charge on any atom is -0.207 e. The summed E-state index contributed by atoms with van der Waals surface area (Å²) >= 11 is 0. The summed E-state index contributed by atoms with van der Waals surface area (Å²) < 4.78 is 27.6. The van der Waals surface area contributed by atoms with Crippen LogP contribution in [0.3, 0.4) is 0 Å². The average Bonchev–Trinajstić information content (AvgIpc) is 2.46. The van der Waals surface area contributed by atoms with E-state index < -0.39 is 10.0 Å². The van der Waals surface area contributed by atoms with Gasteiger partial charge in [-0.2, -0.15) is 0 Å². The SMILES string of the molecule is CC(C)[C@H](NS(=O)(=O)c1ccccc1)c1ccccc1. The Morgan fingerprint density at radius 2 is 1.35 bits per heavy atom. The number of hydrogen-bond donors (Lipinski definition) is 1. The van der Waals surface area contributed by atoms with Gasteiger partial charge in [0.25, 0.3) is 0 Å². The molecule has 0 saturated carbocycles. The van der Waals surface area contributed by atoms with Gasteiger partial charge >= 0.3 is 0 Å². The fourth-order valence-electron chi connectivity index (χ4n) is 2.08. The molecule has 2 rings (SSSR count). The van der Waals surface area contributed by atoms with Gasteiger partial charge in [0.2, 0.25) is 10.0 Å². The molecule has 2 aromatic rings. The second-order valence-corrected chi connectivity index (χ2v) is 6.78. The Morgan fingerprint density at radius 1 is 0.850 bits per heavy atom. The second-order valence-electron chi connectivity index (χ2n) is 5.07. The van der Waals surface area contributed by atoms with Gasteiger partial charge in [-0.1, -0.05) is 62.4 Å². The van der Waals surface area contributed by atoms with Crippen LogP contribution in [0.1, 0.15) is 25.5 Å². The zero-order chi connectivity index (χ0) is 14.6. The first-order valence-electron chi connectivity index (χ1n) is 6.63. The average molecular weight is 289 g/mol. The van der Waals surface area contributed by atoms with Crippen LogP contribution in [0.5, 0.6) is 0 Å². The van der Waals surface area contributed by atoms with Crippen molar-refractivity contribution in [3.63, 3.8) is 0 Å². The normalized spacial score (nSPS) is 13.3. The van der Waals surface area contributed by atoms with Crippen LogP contribution >= 0.6 is 0 Å². The number of nitrogens with one attached hydrogen (secondary N) is 1. The van der Waals surface area contributed by atoms with Crippen LogP contribution in [0.15, 0.2) is 65.6 Å². The second kappa shape index (κ2) is 6.20. The van der Waals surface area contributed by atoms with Gasteiger partial charge in [-0.05, 0) is 23.6 Å². The van der Waals surface area contributed by atoms with Gasteiger partial charge in [0.05, 0.1) is 4.90 Å². The number of rotatable bonds is 5. The molecule has 0 radical (unpaired) electrons. The molecule has 0 unspecified atom stereocenters. The zero-order valence-corrected chi connectivity index (χ0v) is 12.5. The fraction of sp³-hybridized carbons (Fsp3) is 0.250. The van der Waals surface area contributed by atoms with Crippen molar-refractivity contribution in [3.05, 3.63) is 66.2 Å². The highest BCUT2D eigenvalue weighted by Crippen LogP contribution is 2.24. The maximum atomic E-state index is 12.4. The van der Waals surface area contributed by atoms with Crippen LogP contribution in [-0.2, 0) is 10.0 Å². The summed E-state index contributed by atoms with van der Waals surface area (Å²) in [7, 11) is -3.50. The van der Waals surface area contributed by atoms with Crippen molar-refractivity contribution in [1.82, 2.24) is 4.72 Å². The molecule has 0 spiro atoms. The monoisotopic (exact) mass is 289 g/mol. The third-order valence-corrected chi connectivity index (χ3v) is 4.62. The molecular weight excluding hydrogens is 270 g/mol.